The van der Waals surface area contributed by atoms with Crippen LogP contribution in [0.3, 0.4) is 0 Å². The van der Waals surface area contributed by atoms with Crippen molar-refractivity contribution in [3.05, 3.63) is 23.2 Å². The molecule has 0 amide bonds. The number of aromatic nitrogens is 2. The van der Waals surface area contributed by atoms with E-state index in [2.05, 4.69) is 15.5 Å². The summed E-state index contributed by atoms with van der Waals surface area (Å²) >= 11 is 5.91. The zero-order chi connectivity index (χ0) is 12.5. The molecule has 1 aliphatic carbocycles. The Bertz CT molecular complexity index is 566. The van der Waals surface area contributed by atoms with Gasteiger partial charge in [-0.2, -0.15) is 4.98 Å². The third-order valence-electron chi connectivity index (χ3n) is 2.74. The standard InChI is InChI=1S/C12H12ClN3O2/c1-17-10-6-7(13)2-5-9(10)11-15-12(18-16-11)14-8-3-4-8/h2,5-6,8H,3-4H2,1H3,(H,14,15,16). The van der Waals surface area contributed by atoms with Gasteiger partial charge in [0.15, 0.2) is 0 Å². The highest BCUT2D eigenvalue weighted by Gasteiger charge is 2.23. The van der Waals surface area contributed by atoms with Crippen LogP contribution in [0.1, 0.15) is 12.8 Å². The number of nitrogens with one attached hydrogen (secondary N) is 1. The summed E-state index contributed by atoms with van der Waals surface area (Å²) in [5.74, 6) is 1.12. The molecule has 6 heteroatoms. The zero-order valence-corrected chi connectivity index (χ0v) is 10.6. The minimum absolute atomic E-state index is 0.449. The average molecular weight is 266 g/mol. The van der Waals surface area contributed by atoms with Gasteiger partial charge in [0.1, 0.15) is 5.75 Å². The Labute approximate surface area is 109 Å². The van der Waals surface area contributed by atoms with Gasteiger partial charge in [-0.1, -0.05) is 16.8 Å². The van der Waals surface area contributed by atoms with Crippen LogP contribution >= 0.6 is 11.6 Å². The van der Waals surface area contributed by atoms with Gasteiger partial charge in [0, 0.05) is 11.1 Å². The molecule has 94 valence electrons. The van der Waals surface area contributed by atoms with Crippen molar-refractivity contribution in [1.82, 2.24) is 10.1 Å². The first-order valence-electron chi connectivity index (χ1n) is 5.70. The molecule has 0 saturated heterocycles. The monoisotopic (exact) mass is 265 g/mol. The first-order chi connectivity index (χ1) is 8.76. The Morgan fingerprint density at radius 2 is 2.28 bits per heavy atom. The minimum atomic E-state index is 0.449. The van der Waals surface area contributed by atoms with E-state index >= 15 is 0 Å². The minimum Gasteiger partial charge on any atom is -0.496 e. The van der Waals surface area contributed by atoms with E-state index in [1.165, 1.54) is 0 Å². The van der Waals surface area contributed by atoms with Gasteiger partial charge in [0.05, 0.1) is 12.7 Å². The molecule has 1 N–H and O–H groups in total. The molecule has 3 rings (SSSR count). The molecule has 18 heavy (non-hydrogen) atoms. The molecular weight excluding hydrogens is 254 g/mol. The molecule has 2 aromatic rings. The Balaban J connectivity index is 1.90. The predicted octanol–water partition coefficient (Wildman–Crippen LogP) is 2.97. The summed E-state index contributed by atoms with van der Waals surface area (Å²) in [6.45, 7) is 0. The third kappa shape index (κ3) is 2.26. The lowest BCUT2D eigenvalue weighted by atomic mass is 10.2. The second-order valence-electron chi connectivity index (χ2n) is 4.19. The molecule has 1 aromatic carbocycles. The van der Waals surface area contributed by atoms with E-state index < -0.39 is 0 Å². The van der Waals surface area contributed by atoms with Crippen molar-refractivity contribution in [2.75, 3.05) is 12.4 Å². The molecule has 1 aliphatic rings. The van der Waals surface area contributed by atoms with Crippen LogP contribution in [0.25, 0.3) is 11.4 Å². The summed E-state index contributed by atoms with van der Waals surface area (Å²) in [7, 11) is 1.58. The van der Waals surface area contributed by atoms with Crippen LogP contribution in [-0.4, -0.2) is 23.3 Å². The summed E-state index contributed by atoms with van der Waals surface area (Å²) in [6.07, 6.45) is 2.31. The number of hydrogen-bond donors (Lipinski definition) is 1. The molecule has 0 unspecified atom stereocenters. The van der Waals surface area contributed by atoms with Crippen LogP contribution in [0.5, 0.6) is 5.75 Å². The van der Waals surface area contributed by atoms with Gasteiger partial charge in [0.2, 0.25) is 5.82 Å². The maximum Gasteiger partial charge on any atom is 0.322 e. The van der Waals surface area contributed by atoms with E-state index in [0.717, 1.165) is 18.4 Å². The van der Waals surface area contributed by atoms with Crippen molar-refractivity contribution < 1.29 is 9.26 Å². The summed E-state index contributed by atoms with van der Waals surface area (Å²) in [5.41, 5.74) is 0.759. The highest BCUT2D eigenvalue weighted by atomic mass is 35.5. The molecule has 5 nitrogen and oxygen atoms in total. The molecule has 1 saturated carbocycles. The van der Waals surface area contributed by atoms with Crippen LogP contribution in [0, 0.1) is 0 Å². The number of hydrogen-bond acceptors (Lipinski definition) is 5. The van der Waals surface area contributed by atoms with Gasteiger partial charge in [-0.05, 0) is 31.0 Å². The molecule has 0 radical (unpaired) electrons. The third-order valence-corrected chi connectivity index (χ3v) is 2.97. The lowest BCUT2D eigenvalue weighted by molar-refractivity contribution is 0.413. The smallest absolute Gasteiger partial charge is 0.322 e. The van der Waals surface area contributed by atoms with E-state index in [9.17, 15) is 0 Å². The highest BCUT2D eigenvalue weighted by Crippen LogP contribution is 2.31. The largest absolute Gasteiger partial charge is 0.496 e. The van der Waals surface area contributed by atoms with E-state index in [1.54, 1.807) is 19.2 Å². The van der Waals surface area contributed by atoms with Crippen molar-refractivity contribution in [3.63, 3.8) is 0 Å². The predicted molar refractivity (Wildman–Crippen MR) is 67.9 cm³/mol. The van der Waals surface area contributed by atoms with Gasteiger partial charge in [0.25, 0.3) is 0 Å². The van der Waals surface area contributed by atoms with Crippen molar-refractivity contribution >= 4 is 17.6 Å². The lowest BCUT2D eigenvalue weighted by Gasteiger charge is -2.04. The second-order valence-corrected chi connectivity index (χ2v) is 4.62. The SMILES string of the molecule is COc1cc(Cl)ccc1-c1noc(NC2CC2)n1. The van der Waals surface area contributed by atoms with Gasteiger partial charge < -0.3 is 14.6 Å². The van der Waals surface area contributed by atoms with Crippen LogP contribution in [-0.2, 0) is 0 Å². The molecule has 0 aliphatic heterocycles. The fourth-order valence-electron chi connectivity index (χ4n) is 1.64. The second kappa shape index (κ2) is 4.49. The summed E-state index contributed by atoms with van der Waals surface area (Å²) in [6, 6.07) is 6.23. The number of methoxy groups -OCH3 is 1. The van der Waals surface area contributed by atoms with E-state index in [0.29, 0.717) is 28.7 Å². The maximum absolute atomic E-state index is 5.91. The van der Waals surface area contributed by atoms with E-state index in [4.69, 9.17) is 20.9 Å². The van der Waals surface area contributed by atoms with Crippen LogP contribution in [0.4, 0.5) is 6.01 Å². The molecular formula is C12H12ClN3O2. The number of halogens is 1. The molecule has 1 aromatic heterocycles. The summed E-state index contributed by atoms with van der Waals surface area (Å²) < 4.78 is 10.4. The Morgan fingerprint density at radius 3 is 3.00 bits per heavy atom. The quantitative estimate of drug-likeness (QED) is 0.921. The van der Waals surface area contributed by atoms with Gasteiger partial charge in [-0.25, -0.2) is 0 Å². The lowest BCUT2D eigenvalue weighted by Crippen LogP contribution is -2.00. The Hall–Kier alpha value is -1.75. The average Bonchev–Trinajstić information content (AvgIpc) is 3.06. The Morgan fingerprint density at radius 1 is 1.44 bits per heavy atom. The number of benzene rings is 1. The van der Waals surface area contributed by atoms with Crippen molar-refractivity contribution in [3.8, 4) is 17.1 Å². The first-order valence-corrected chi connectivity index (χ1v) is 6.08. The maximum atomic E-state index is 5.91. The van der Waals surface area contributed by atoms with Crippen LogP contribution in [0.15, 0.2) is 22.7 Å². The Kier molecular flexibility index (Phi) is 2.83. The van der Waals surface area contributed by atoms with Crippen LogP contribution in [0.2, 0.25) is 5.02 Å². The first kappa shape index (κ1) is 11.3. The van der Waals surface area contributed by atoms with Crippen LogP contribution < -0.4 is 10.1 Å². The van der Waals surface area contributed by atoms with E-state index in [1.807, 2.05) is 6.07 Å². The van der Waals surface area contributed by atoms with Gasteiger partial charge >= 0.3 is 6.01 Å². The molecule has 0 spiro atoms. The molecule has 1 heterocycles. The fourth-order valence-corrected chi connectivity index (χ4v) is 1.81. The summed E-state index contributed by atoms with van der Waals surface area (Å²) in [4.78, 5) is 4.29. The molecule has 0 bridgehead atoms. The van der Waals surface area contributed by atoms with Crippen molar-refractivity contribution in [1.29, 1.82) is 0 Å². The summed E-state index contributed by atoms with van der Waals surface area (Å²) in [5, 5.41) is 7.69. The van der Waals surface area contributed by atoms with E-state index in [-0.39, 0.29) is 0 Å². The van der Waals surface area contributed by atoms with Gasteiger partial charge in [-0.3, -0.25) is 0 Å². The van der Waals surface area contributed by atoms with Crippen molar-refractivity contribution in [2.45, 2.75) is 18.9 Å². The molecule has 1 fully saturated rings. The topological polar surface area (TPSA) is 60.2 Å². The highest BCUT2D eigenvalue weighted by molar-refractivity contribution is 6.30. The molecule has 0 atom stereocenters. The zero-order valence-electron chi connectivity index (χ0n) is 9.81. The van der Waals surface area contributed by atoms with Gasteiger partial charge in [-0.15, -0.1) is 0 Å². The number of rotatable bonds is 4. The fraction of sp³-hybridized carbons (Fsp3) is 0.333. The number of anilines is 1. The number of ether oxygens (including phenoxy) is 1. The van der Waals surface area contributed by atoms with Crippen molar-refractivity contribution in [2.24, 2.45) is 0 Å². The normalized spacial score (nSPS) is 14.6. The number of nitrogens with zero attached hydrogens (tertiary/aromatic N) is 2.